The fourth-order valence-electron chi connectivity index (χ4n) is 4.31. The van der Waals surface area contributed by atoms with Crippen LogP contribution in [-0.2, 0) is 10.0 Å². The molecule has 0 unspecified atom stereocenters. The second-order valence-electron chi connectivity index (χ2n) is 8.68. The Hall–Kier alpha value is -2.33. The summed E-state index contributed by atoms with van der Waals surface area (Å²) in [6, 6.07) is 17.4. The molecule has 0 radical (unpaired) electrons. The van der Waals surface area contributed by atoms with Gasteiger partial charge >= 0.3 is 0 Å². The second-order valence-corrected chi connectivity index (χ2v) is 12.9. The number of para-hydroxylation sites is 1. The Balaban J connectivity index is 1.36. The number of halogens is 3. The molecule has 1 amide bonds. The number of anilines is 2. The number of fused-ring (bicyclic) bond motifs is 1. The fourth-order valence-corrected chi connectivity index (χ4v) is 7.72. The lowest BCUT2D eigenvalue weighted by atomic mass is 10.2. The van der Waals surface area contributed by atoms with Crippen LogP contribution in [0.15, 0.2) is 65.6 Å². The molecule has 2 heterocycles. The maximum absolute atomic E-state index is 13.2. The number of hydrogen-bond acceptors (Lipinski definition) is 5. The van der Waals surface area contributed by atoms with E-state index in [4.69, 9.17) is 34.8 Å². The summed E-state index contributed by atoms with van der Waals surface area (Å²) in [6.07, 6.45) is 0. The van der Waals surface area contributed by atoms with Gasteiger partial charge in [-0.15, -0.1) is 11.3 Å². The van der Waals surface area contributed by atoms with E-state index in [0.717, 1.165) is 15.6 Å². The SMILES string of the molecule is Cc1ccc(S(=O)(=O)N2CCN(c3c(Cl)cccc3NC(=O)c3sc4cc(Cl)ccc4c3Cl)CC2)cc1. The van der Waals surface area contributed by atoms with Gasteiger partial charge < -0.3 is 10.2 Å². The minimum absolute atomic E-state index is 0.277. The number of sulfonamides is 1. The first-order chi connectivity index (χ1) is 17.6. The van der Waals surface area contributed by atoms with E-state index in [-0.39, 0.29) is 23.9 Å². The van der Waals surface area contributed by atoms with E-state index in [1.807, 2.05) is 11.8 Å². The lowest BCUT2D eigenvalue weighted by Gasteiger charge is -2.36. The Labute approximate surface area is 234 Å². The molecule has 4 aromatic rings. The van der Waals surface area contributed by atoms with Gasteiger partial charge in [0.05, 0.1) is 26.3 Å². The number of nitrogens with one attached hydrogen (secondary N) is 1. The molecule has 0 bridgehead atoms. The van der Waals surface area contributed by atoms with Crippen molar-refractivity contribution < 1.29 is 13.2 Å². The van der Waals surface area contributed by atoms with Crippen molar-refractivity contribution in [2.75, 3.05) is 36.4 Å². The summed E-state index contributed by atoms with van der Waals surface area (Å²) in [5, 5.41) is 5.11. The molecule has 1 aliphatic heterocycles. The summed E-state index contributed by atoms with van der Waals surface area (Å²) in [4.78, 5) is 15.9. The molecule has 6 nitrogen and oxygen atoms in total. The molecule has 1 N–H and O–H groups in total. The molecule has 1 fully saturated rings. The van der Waals surface area contributed by atoms with E-state index in [2.05, 4.69) is 5.32 Å². The molecule has 0 spiro atoms. The highest BCUT2D eigenvalue weighted by molar-refractivity contribution is 7.89. The minimum Gasteiger partial charge on any atom is -0.366 e. The predicted molar refractivity (Wildman–Crippen MR) is 153 cm³/mol. The zero-order valence-corrected chi connectivity index (χ0v) is 23.6. The van der Waals surface area contributed by atoms with E-state index in [1.54, 1.807) is 60.7 Å². The van der Waals surface area contributed by atoms with Crippen LogP contribution >= 0.6 is 46.1 Å². The van der Waals surface area contributed by atoms with Gasteiger partial charge in [-0.3, -0.25) is 4.79 Å². The normalized spacial score (nSPS) is 14.8. The largest absolute Gasteiger partial charge is 0.366 e. The maximum Gasteiger partial charge on any atom is 0.267 e. The Morgan fingerprint density at radius 3 is 2.35 bits per heavy atom. The zero-order valence-electron chi connectivity index (χ0n) is 19.7. The Morgan fingerprint density at radius 1 is 0.946 bits per heavy atom. The third-order valence-electron chi connectivity index (χ3n) is 6.25. The maximum atomic E-state index is 13.2. The van der Waals surface area contributed by atoms with Crippen LogP contribution in [0.4, 0.5) is 11.4 Å². The molecule has 11 heteroatoms. The topological polar surface area (TPSA) is 69.7 Å². The van der Waals surface area contributed by atoms with Crippen LogP contribution in [0, 0.1) is 6.92 Å². The number of carbonyl (C=O) groups is 1. The number of piperazine rings is 1. The summed E-state index contributed by atoms with van der Waals surface area (Å²) >= 11 is 20.5. The highest BCUT2D eigenvalue weighted by Gasteiger charge is 2.30. The number of benzene rings is 3. The van der Waals surface area contributed by atoms with Gasteiger partial charge in [0.2, 0.25) is 10.0 Å². The first-order valence-corrected chi connectivity index (χ1v) is 14.8. The van der Waals surface area contributed by atoms with Gasteiger partial charge in [-0.25, -0.2) is 8.42 Å². The summed E-state index contributed by atoms with van der Waals surface area (Å²) in [7, 11) is -3.60. The summed E-state index contributed by atoms with van der Waals surface area (Å²) < 4.78 is 28.5. The third-order valence-corrected chi connectivity index (χ3v) is 10.4. The number of thiophene rings is 1. The highest BCUT2D eigenvalue weighted by atomic mass is 35.5. The summed E-state index contributed by atoms with van der Waals surface area (Å²) in [5.74, 6) is -0.355. The van der Waals surface area contributed by atoms with Crippen molar-refractivity contribution in [3.05, 3.63) is 86.2 Å². The Kier molecular flexibility index (Phi) is 7.42. The van der Waals surface area contributed by atoms with Crippen LogP contribution in [0.2, 0.25) is 15.1 Å². The Bertz CT molecular complexity index is 1600. The van der Waals surface area contributed by atoms with E-state index in [1.165, 1.54) is 15.6 Å². The minimum atomic E-state index is -3.60. The zero-order chi connectivity index (χ0) is 26.3. The van der Waals surface area contributed by atoms with Crippen LogP contribution in [0.3, 0.4) is 0 Å². The van der Waals surface area contributed by atoms with Crippen LogP contribution in [-0.4, -0.2) is 44.8 Å². The van der Waals surface area contributed by atoms with Gasteiger partial charge in [-0.05, 0) is 43.3 Å². The molecule has 3 aromatic carbocycles. The van der Waals surface area contributed by atoms with Crippen LogP contribution in [0.5, 0.6) is 0 Å². The fraction of sp³-hybridized carbons (Fsp3) is 0.192. The number of carbonyl (C=O) groups excluding carboxylic acids is 1. The molecule has 0 atom stereocenters. The van der Waals surface area contributed by atoms with E-state index in [9.17, 15) is 13.2 Å². The van der Waals surface area contributed by atoms with Crippen molar-refractivity contribution in [1.82, 2.24) is 4.31 Å². The quantitative estimate of drug-likeness (QED) is 0.272. The number of aryl methyl sites for hydroxylation is 1. The average Bonchev–Trinajstić information content (AvgIpc) is 3.20. The molecule has 1 aromatic heterocycles. The van der Waals surface area contributed by atoms with Gasteiger partial charge in [-0.2, -0.15) is 4.31 Å². The van der Waals surface area contributed by atoms with Gasteiger partial charge in [0.1, 0.15) is 4.88 Å². The van der Waals surface area contributed by atoms with E-state index >= 15 is 0 Å². The van der Waals surface area contributed by atoms with Crippen molar-refractivity contribution in [3.63, 3.8) is 0 Å². The molecule has 0 saturated carbocycles. The standard InChI is InChI=1S/C26H22Cl3N3O3S2/c1-16-5-8-18(9-6-16)37(34,35)32-13-11-31(12-14-32)24-20(28)3-2-4-21(24)30-26(33)25-23(29)19-10-7-17(27)15-22(19)36-25/h2-10,15H,11-14H2,1H3,(H,30,33). The third kappa shape index (κ3) is 5.19. The number of rotatable bonds is 5. The van der Waals surface area contributed by atoms with Crippen molar-refractivity contribution in [2.24, 2.45) is 0 Å². The van der Waals surface area contributed by atoms with Crippen molar-refractivity contribution in [1.29, 1.82) is 0 Å². The van der Waals surface area contributed by atoms with Gasteiger partial charge in [0, 0.05) is 41.3 Å². The average molecular weight is 595 g/mol. The molecular formula is C26H22Cl3N3O3S2. The molecule has 5 rings (SSSR count). The molecule has 37 heavy (non-hydrogen) atoms. The summed E-state index contributed by atoms with van der Waals surface area (Å²) in [6.45, 7) is 3.33. The smallest absolute Gasteiger partial charge is 0.267 e. The molecule has 1 saturated heterocycles. The number of hydrogen-bond donors (Lipinski definition) is 1. The van der Waals surface area contributed by atoms with E-state index in [0.29, 0.717) is 44.4 Å². The van der Waals surface area contributed by atoms with Gasteiger partial charge in [0.25, 0.3) is 5.91 Å². The van der Waals surface area contributed by atoms with Gasteiger partial charge in [-0.1, -0.05) is 64.6 Å². The first-order valence-electron chi connectivity index (χ1n) is 11.4. The van der Waals surface area contributed by atoms with Crippen molar-refractivity contribution in [2.45, 2.75) is 11.8 Å². The molecule has 0 aliphatic carbocycles. The number of nitrogens with zero attached hydrogens (tertiary/aromatic N) is 2. The first kappa shape index (κ1) is 26.3. The lowest BCUT2D eigenvalue weighted by Crippen LogP contribution is -2.49. The van der Waals surface area contributed by atoms with Crippen molar-refractivity contribution in [3.8, 4) is 0 Å². The highest BCUT2D eigenvalue weighted by Crippen LogP contribution is 2.39. The van der Waals surface area contributed by atoms with Gasteiger partial charge in [0.15, 0.2) is 0 Å². The van der Waals surface area contributed by atoms with Crippen LogP contribution in [0.1, 0.15) is 15.2 Å². The molecule has 1 aliphatic rings. The summed E-state index contributed by atoms with van der Waals surface area (Å²) in [5.41, 5.74) is 2.17. The number of amides is 1. The lowest BCUT2D eigenvalue weighted by molar-refractivity contribution is 0.103. The second kappa shape index (κ2) is 10.4. The molecular weight excluding hydrogens is 573 g/mol. The Morgan fingerprint density at radius 2 is 1.65 bits per heavy atom. The van der Waals surface area contributed by atoms with Crippen LogP contribution in [0.25, 0.3) is 10.1 Å². The van der Waals surface area contributed by atoms with E-state index < -0.39 is 10.0 Å². The molecule has 192 valence electrons. The van der Waals surface area contributed by atoms with Crippen LogP contribution < -0.4 is 10.2 Å². The monoisotopic (exact) mass is 593 g/mol. The predicted octanol–water partition coefficient (Wildman–Crippen LogP) is 6.93. The van der Waals surface area contributed by atoms with Crippen molar-refractivity contribution >= 4 is 83.5 Å².